The van der Waals surface area contributed by atoms with E-state index in [0.717, 1.165) is 10.3 Å². The van der Waals surface area contributed by atoms with E-state index in [-0.39, 0.29) is 11.3 Å². The van der Waals surface area contributed by atoms with E-state index in [1.807, 2.05) is 30.5 Å². The van der Waals surface area contributed by atoms with Crippen LogP contribution < -0.4 is 4.90 Å². The fourth-order valence-electron chi connectivity index (χ4n) is 4.15. The molecular weight excluding hydrogens is 527 g/mol. The van der Waals surface area contributed by atoms with E-state index in [0.29, 0.717) is 36.5 Å². The molecule has 4 heterocycles. The van der Waals surface area contributed by atoms with Crippen molar-refractivity contribution in [2.24, 2.45) is 0 Å². The van der Waals surface area contributed by atoms with Crippen molar-refractivity contribution in [3.05, 3.63) is 91.5 Å². The van der Waals surface area contributed by atoms with Crippen LogP contribution in [0.15, 0.2) is 69.7 Å². The van der Waals surface area contributed by atoms with E-state index in [4.69, 9.17) is 27.6 Å². The molecule has 10 heteroatoms. The molecule has 1 aliphatic heterocycles. The molecule has 1 aliphatic rings. The van der Waals surface area contributed by atoms with Gasteiger partial charge in [-0.05, 0) is 60.3 Å². The van der Waals surface area contributed by atoms with Gasteiger partial charge < -0.3 is 9.52 Å². The minimum absolute atomic E-state index is 0.00623. The molecule has 5 aromatic rings. The fraction of sp³-hybridized carbons (Fsp3) is 0.0800. The Kier molecular flexibility index (Phi) is 5.23. The quantitative estimate of drug-likeness (QED) is 0.238. The van der Waals surface area contributed by atoms with Gasteiger partial charge in [-0.25, -0.2) is 4.98 Å². The molecule has 1 amide bonds. The Morgan fingerprint density at radius 1 is 1.17 bits per heavy atom. The lowest BCUT2D eigenvalue weighted by atomic mass is 10.0. The number of fused-ring (bicyclic) bond motifs is 2. The largest absolute Gasteiger partial charge is 0.503 e. The Labute approximate surface area is 216 Å². The summed E-state index contributed by atoms with van der Waals surface area (Å²) >= 11 is 15.0. The Balaban J connectivity index is 1.49. The van der Waals surface area contributed by atoms with Crippen molar-refractivity contribution >= 4 is 83.9 Å². The number of thiophene rings is 1. The highest BCUT2D eigenvalue weighted by atomic mass is 35.5. The molecule has 0 spiro atoms. The summed E-state index contributed by atoms with van der Waals surface area (Å²) in [5.74, 6) is -1.90. The van der Waals surface area contributed by atoms with Crippen LogP contribution in [0.1, 0.15) is 27.0 Å². The number of anilines is 1. The number of Topliss-reactive ketones (excluding diaryl/α,β-unsaturated/α-hetero) is 1. The highest BCUT2D eigenvalue weighted by Crippen LogP contribution is 2.46. The molecule has 0 fully saturated rings. The van der Waals surface area contributed by atoms with Gasteiger partial charge >= 0.3 is 0 Å². The molecule has 35 heavy (non-hydrogen) atoms. The van der Waals surface area contributed by atoms with Crippen LogP contribution in [0.3, 0.4) is 0 Å². The second-order valence-corrected chi connectivity index (χ2v) is 10.9. The van der Waals surface area contributed by atoms with Gasteiger partial charge in [0.1, 0.15) is 11.6 Å². The normalized spacial score (nSPS) is 16.3. The van der Waals surface area contributed by atoms with Crippen LogP contribution in [0.25, 0.3) is 21.2 Å². The number of carbonyl (C=O) groups excluding carboxylic acids is 2. The maximum absolute atomic E-state index is 13.6. The predicted molar refractivity (Wildman–Crippen MR) is 139 cm³/mol. The van der Waals surface area contributed by atoms with Crippen LogP contribution in [-0.2, 0) is 4.79 Å². The first-order chi connectivity index (χ1) is 16.8. The Morgan fingerprint density at radius 2 is 2.00 bits per heavy atom. The number of rotatable bonds is 4. The smallest absolute Gasteiger partial charge is 0.296 e. The van der Waals surface area contributed by atoms with Crippen LogP contribution in [-0.4, -0.2) is 21.8 Å². The lowest BCUT2D eigenvalue weighted by molar-refractivity contribution is -0.117. The van der Waals surface area contributed by atoms with Crippen molar-refractivity contribution in [2.75, 3.05) is 4.90 Å². The van der Waals surface area contributed by atoms with E-state index in [2.05, 4.69) is 4.98 Å². The number of aliphatic hydroxyl groups excluding tert-OH is 1. The van der Waals surface area contributed by atoms with Gasteiger partial charge in [0.15, 0.2) is 16.7 Å². The summed E-state index contributed by atoms with van der Waals surface area (Å²) in [6, 6.07) is 13.0. The zero-order chi connectivity index (χ0) is 24.4. The topological polar surface area (TPSA) is 83.6 Å². The summed E-state index contributed by atoms with van der Waals surface area (Å²) in [4.78, 5) is 33.7. The van der Waals surface area contributed by atoms with Gasteiger partial charge in [0.2, 0.25) is 5.78 Å². The minimum Gasteiger partial charge on any atom is -0.503 e. The lowest BCUT2D eigenvalue weighted by Crippen LogP contribution is -2.30. The van der Waals surface area contributed by atoms with Gasteiger partial charge in [-0.2, -0.15) is 0 Å². The zero-order valence-corrected chi connectivity index (χ0v) is 21.1. The number of aliphatic hydroxyl groups is 1. The molecule has 1 N–H and O–H groups in total. The molecule has 2 aromatic carbocycles. The van der Waals surface area contributed by atoms with Gasteiger partial charge in [0.25, 0.3) is 5.91 Å². The number of carbonyl (C=O) groups is 2. The van der Waals surface area contributed by atoms with Crippen LogP contribution in [0.2, 0.25) is 10.0 Å². The second-order valence-electron chi connectivity index (χ2n) is 8.04. The summed E-state index contributed by atoms with van der Waals surface area (Å²) < 4.78 is 6.60. The second kappa shape index (κ2) is 8.20. The van der Waals surface area contributed by atoms with Crippen molar-refractivity contribution in [3.63, 3.8) is 0 Å². The number of thiazole rings is 1. The van der Waals surface area contributed by atoms with E-state index >= 15 is 0 Å². The monoisotopic (exact) mass is 540 g/mol. The number of aryl methyl sites for hydroxylation is 1. The predicted octanol–water partition coefficient (Wildman–Crippen LogP) is 7.50. The first-order valence-electron chi connectivity index (χ1n) is 10.4. The van der Waals surface area contributed by atoms with Crippen molar-refractivity contribution in [1.29, 1.82) is 0 Å². The molecule has 1 unspecified atom stereocenters. The van der Waals surface area contributed by atoms with E-state index < -0.39 is 23.5 Å². The fourth-order valence-corrected chi connectivity index (χ4v) is 6.38. The molecule has 0 radical (unpaired) electrons. The van der Waals surface area contributed by atoms with Crippen LogP contribution in [0.4, 0.5) is 5.13 Å². The molecule has 3 aromatic heterocycles. The highest BCUT2D eigenvalue weighted by molar-refractivity contribution is 7.22. The molecule has 6 nitrogen and oxygen atoms in total. The number of aromatic nitrogens is 1. The number of amides is 1. The van der Waals surface area contributed by atoms with Gasteiger partial charge in [0, 0.05) is 20.3 Å². The third-order valence-electron chi connectivity index (χ3n) is 5.83. The number of furan rings is 1. The molecule has 0 saturated heterocycles. The van der Waals surface area contributed by atoms with Crippen LogP contribution in [0.5, 0.6) is 0 Å². The summed E-state index contributed by atoms with van der Waals surface area (Å²) in [5, 5.41) is 14.9. The molecule has 0 bridgehead atoms. The minimum atomic E-state index is -0.857. The van der Waals surface area contributed by atoms with Crippen molar-refractivity contribution < 1.29 is 19.1 Å². The number of hydrogen-bond donors (Lipinski definition) is 1. The van der Waals surface area contributed by atoms with Crippen molar-refractivity contribution in [2.45, 2.75) is 13.0 Å². The molecule has 0 saturated carbocycles. The third kappa shape index (κ3) is 3.56. The molecule has 6 rings (SSSR count). The first kappa shape index (κ1) is 22.3. The number of hydrogen-bond acceptors (Lipinski definition) is 7. The number of benzene rings is 2. The number of nitrogens with zero attached hydrogens (tertiary/aromatic N) is 2. The first-order valence-corrected chi connectivity index (χ1v) is 12.9. The number of ketones is 1. The van der Waals surface area contributed by atoms with Crippen LogP contribution in [0, 0.1) is 6.92 Å². The lowest BCUT2D eigenvalue weighted by Gasteiger charge is -2.22. The average molecular weight is 541 g/mol. The number of halogens is 2. The van der Waals surface area contributed by atoms with Gasteiger partial charge in [-0.15, -0.1) is 11.3 Å². The van der Waals surface area contributed by atoms with Crippen LogP contribution >= 0.6 is 45.9 Å². The maximum atomic E-state index is 13.6. The van der Waals surface area contributed by atoms with Crippen molar-refractivity contribution in [1.82, 2.24) is 4.98 Å². The molecule has 0 aliphatic carbocycles. The molecular formula is C25H14Cl2N2O4S2. The summed E-state index contributed by atoms with van der Waals surface area (Å²) in [6.07, 6.45) is 0. The average Bonchev–Trinajstić information content (AvgIpc) is 3.60. The molecule has 174 valence electrons. The Bertz CT molecular complexity index is 1660. The highest BCUT2D eigenvalue weighted by Gasteiger charge is 2.47. The van der Waals surface area contributed by atoms with Crippen molar-refractivity contribution in [3.8, 4) is 0 Å². The van der Waals surface area contributed by atoms with Gasteiger partial charge in [-0.1, -0.05) is 40.6 Å². The van der Waals surface area contributed by atoms with E-state index in [1.165, 1.54) is 27.6 Å². The maximum Gasteiger partial charge on any atom is 0.296 e. The van der Waals surface area contributed by atoms with E-state index in [9.17, 15) is 14.7 Å². The molecule has 1 atom stereocenters. The SMILES string of the molecule is Cc1cc2sc(N3C(=O)C(O)=C(C(=O)c4cc5cc(Cl)ccc5o4)C3c3cccs3)nc2cc1Cl. The third-order valence-corrected chi connectivity index (χ3v) is 8.42. The van der Waals surface area contributed by atoms with Gasteiger partial charge in [-0.3, -0.25) is 14.5 Å². The van der Waals surface area contributed by atoms with Gasteiger partial charge in [0.05, 0.1) is 15.8 Å². The Morgan fingerprint density at radius 3 is 2.77 bits per heavy atom. The van der Waals surface area contributed by atoms with E-state index in [1.54, 1.807) is 30.3 Å². The summed E-state index contributed by atoms with van der Waals surface area (Å²) in [7, 11) is 0. The Hall–Kier alpha value is -3.17. The summed E-state index contributed by atoms with van der Waals surface area (Å²) in [6.45, 7) is 1.89. The summed E-state index contributed by atoms with van der Waals surface area (Å²) in [5.41, 5.74) is 1.94. The zero-order valence-electron chi connectivity index (χ0n) is 17.9. The standard InChI is InChI=1S/C25H14Cl2N2O4S2/c1-11-7-19-15(10-14(11)27)28-25(35-19)29-21(18-3-2-6-34-18)20(23(31)24(29)32)22(30)17-9-12-8-13(26)4-5-16(12)33-17/h2-10,21,31H,1H3.